The van der Waals surface area contributed by atoms with Crippen LogP contribution in [0.4, 0.5) is 0 Å². The number of hydrogen-bond acceptors (Lipinski definition) is 2. The van der Waals surface area contributed by atoms with Crippen molar-refractivity contribution in [2.75, 3.05) is 0 Å². The summed E-state index contributed by atoms with van der Waals surface area (Å²) >= 11 is 0. The minimum Gasteiger partial charge on any atom is -0.352 e. The Balaban J connectivity index is 1.80. The second-order valence-corrected chi connectivity index (χ2v) is 5.61. The van der Waals surface area contributed by atoms with Crippen molar-refractivity contribution in [3.8, 4) is 0 Å². The fourth-order valence-corrected chi connectivity index (χ4v) is 2.55. The quantitative estimate of drug-likeness (QED) is 0.778. The number of para-hydroxylation sites is 1. The second-order valence-electron chi connectivity index (χ2n) is 5.61. The largest absolute Gasteiger partial charge is 0.352 e. The van der Waals surface area contributed by atoms with Crippen LogP contribution in [0.1, 0.15) is 23.6 Å². The van der Waals surface area contributed by atoms with Gasteiger partial charge in [0.05, 0.1) is 0 Å². The number of H-pyrrole nitrogens is 1. The van der Waals surface area contributed by atoms with Crippen LogP contribution in [0.3, 0.4) is 0 Å². The number of carbonyl (C=O) groups excluding carboxylic acids is 1. The van der Waals surface area contributed by atoms with Crippen molar-refractivity contribution in [1.29, 1.82) is 0 Å². The Morgan fingerprint density at radius 2 is 1.74 bits per heavy atom. The van der Waals surface area contributed by atoms with Gasteiger partial charge in [0.2, 0.25) is 5.91 Å². The molecule has 0 fully saturated rings. The second kappa shape index (κ2) is 6.48. The van der Waals surface area contributed by atoms with Gasteiger partial charge in [-0.15, -0.1) is 0 Å². The summed E-state index contributed by atoms with van der Waals surface area (Å²) in [5.41, 5.74) is 3.66. The van der Waals surface area contributed by atoms with E-state index in [0.717, 1.165) is 27.6 Å². The zero-order chi connectivity index (χ0) is 16.2. The van der Waals surface area contributed by atoms with Crippen LogP contribution in [-0.4, -0.2) is 10.9 Å². The summed E-state index contributed by atoms with van der Waals surface area (Å²) in [6.45, 7) is 2.02. The first-order chi connectivity index (χ1) is 11.1. The van der Waals surface area contributed by atoms with Crippen LogP contribution in [0.5, 0.6) is 0 Å². The van der Waals surface area contributed by atoms with E-state index in [1.54, 1.807) is 0 Å². The highest BCUT2D eigenvalue weighted by molar-refractivity contribution is 5.78. The standard InChI is InChI=1S/C19H18N2O2/c1-13(22)20-12-15-8-6-14(7-9-15)10-17-11-16-4-2-3-5-18(16)21-19(17)23/h2-9,11H,10,12H2,1H3,(H,20,22)(H,21,23). The van der Waals surface area contributed by atoms with Crippen molar-refractivity contribution in [2.45, 2.75) is 19.9 Å². The first-order valence-corrected chi connectivity index (χ1v) is 7.55. The van der Waals surface area contributed by atoms with Crippen LogP contribution >= 0.6 is 0 Å². The molecule has 2 aromatic carbocycles. The molecule has 0 aliphatic rings. The van der Waals surface area contributed by atoms with Crippen LogP contribution in [0.2, 0.25) is 0 Å². The minimum absolute atomic E-state index is 0.0447. The maximum Gasteiger partial charge on any atom is 0.251 e. The van der Waals surface area contributed by atoms with Crippen molar-refractivity contribution in [2.24, 2.45) is 0 Å². The van der Waals surface area contributed by atoms with Crippen molar-refractivity contribution in [3.05, 3.63) is 81.6 Å². The molecule has 3 rings (SSSR count). The van der Waals surface area contributed by atoms with Crippen molar-refractivity contribution < 1.29 is 4.79 Å². The van der Waals surface area contributed by atoms with Crippen molar-refractivity contribution >= 4 is 16.8 Å². The lowest BCUT2D eigenvalue weighted by Crippen LogP contribution is -2.18. The molecular formula is C19H18N2O2. The highest BCUT2D eigenvalue weighted by Gasteiger charge is 2.04. The molecule has 0 aliphatic carbocycles. The fraction of sp³-hybridized carbons (Fsp3) is 0.158. The Morgan fingerprint density at radius 3 is 2.48 bits per heavy atom. The number of aromatic nitrogens is 1. The number of pyridine rings is 1. The maximum absolute atomic E-state index is 12.2. The van der Waals surface area contributed by atoms with E-state index in [9.17, 15) is 9.59 Å². The summed E-state index contributed by atoms with van der Waals surface area (Å²) in [4.78, 5) is 26.0. The van der Waals surface area contributed by atoms with Crippen LogP contribution in [0.15, 0.2) is 59.4 Å². The normalized spacial score (nSPS) is 10.7. The highest BCUT2D eigenvalue weighted by atomic mass is 16.1. The molecule has 0 saturated carbocycles. The molecule has 1 amide bonds. The number of hydrogen-bond donors (Lipinski definition) is 2. The molecule has 0 radical (unpaired) electrons. The number of fused-ring (bicyclic) bond motifs is 1. The predicted molar refractivity (Wildman–Crippen MR) is 91.3 cm³/mol. The van der Waals surface area contributed by atoms with E-state index < -0.39 is 0 Å². The molecule has 1 aromatic heterocycles. The molecular weight excluding hydrogens is 288 g/mol. The Kier molecular flexibility index (Phi) is 4.24. The van der Waals surface area contributed by atoms with Crippen LogP contribution in [-0.2, 0) is 17.8 Å². The number of carbonyl (C=O) groups is 1. The molecule has 0 saturated heterocycles. The van der Waals surface area contributed by atoms with E-state index >= 15 is 0 Å². The molecule has 2 N–H and O–H groups in total. The summed E-state index contributed by atoms with van der Waals surface area (Å²) in [6, 6.07) is 17.6. The van der Waals surface area contributed by atoms with Gasteiger partial charge in [0.1, 0.15) is 0 Å². The smallest absolute Gasteiger partial charge is 0.251 e. The van der Waals surface area contributed by atoms with Gasteiger partial charge in [0.25, 0.3) is 5.56 Å². The lowest BCUT2D eigenvalue weighted by molar-refractivity contribution is -0.119. The monoisotopic (exact) mass is 306 g/mol. The van der Waals surface area contributed by atoms with Crippen molar-refractivity contribution in [3.63, 3.8) is 0 Å². The molecule has 116 valence electrons. The number of rotatable bonds is 4. The Labute approximate surface area is 134 Å². The van der Waals surface area contributed by atoms with Gasteiger partial charge in [-0.2, -0.15) is 0 Å². The fourth-order valence-electron chi connectivity index (χ4n) is 2.55. The molecule has 4 heteroatoms. The van der Waals surface area contributed by atoms with Crippen LogP contribution < -0.4 is 10.9 Å². The zero-order valence-corrected chi connectivity index (χ0v) is 12.9. The number of aromatic amines is 1. The SMILES string of the molecule is CC(=O)NCc1ccc(Cc2cc3ccccc3[nH]c2=O)cc1. The van der Waals surface area contributed by atoms with E-state index in [-0.39, 0.29) is 11.5 Å². The summed E-state index contributed by atoms with van der Waals surface area (Å²) in [5, 5.41) is 3.80. The molecule has 1 heterocycles. The molecule has 0 bridgehead atoms. The third-order valence-electron chi connectivity index (χ3n) is 3.79. The van der Waals surface area contributed by atoms with Gasteiger partial charge in [0, 0.05) is 31.0 Å². The lowest BCUT2D eigenvalue weighted by Gasteiger charge is -2.06. The first-order valence-electron chi connectivity index (χ1n) is 7.55. The van der Waals surface area contributed by atoms with Crippen molar-refractivity contribution in [1.82, 2.24) is 10.3 Å². The summed E-state index contributed by atoms with van der Waals surface area (Å²) < 4.78 is 0. The van der Waals surface area contributed by atoms with Gasteiger partial charge in [-0.25, -0.2) is 0 Å². The van der Waals surface area contributed by atoms with E-state index in [1.165, 1.54) is 6.92 Å². The van der Waals surface area contributed by atoms with E-state index in [4.69, 9.17) is 0 Å². The molecule has 0 aliphatic heterocycles. The van der Waals surface area contributed by atoms with Crippen LogP contribution in [0, 0.1) is 0 Å². The number of amides is 1. The first kappa shape index (κ1) is 15.0. The van der Waals surface area contributed by atoms with Gasteiger partial charge in [-0.1, -0.05) is 42.5 Å². The predicted octanol–water partition coefficient (Wildman–Crippen LogP) is 2.76. The Hall–Kier alpha value is -2.88. The molecule has 4 nitrogen and oxygen atoms in total. The van der Waals surface area contributed by atoms with E-state index in [1.807, 2.05) is 54.6 Å². The molecule has 0 spiro atoms. The maximum atomic E-state index is 12.2. The number of nitrogens with one attached hydrogen (secondary N) is 2. The average Bonchev–Trinajstić information content (AvgIpc) is 2.55. The minimum atomic E-state index is -0.0500. The zero-order valence-electron chi connectivity index (χ0n) is 12.9. The van der Waals surface area contributed by atoms with E-state index in [0.29, 0.717) is 13.0 Å². The third-order valence-corrected chi connectivity index (χ3v) is 3.79. The number of benzene rings is 2. The third kappa shape index (κ3) is 3.66. The average molecular weight is 306 g/mol. The van der Waals surface area contributed by atoms with E-state index in [2.05, 4.69) is 10.3 Å². The van der Waals surface area contributed by atoms with Crippen LogP contribution in [0.25, 0.3) is 10.9 Å². The van der Waals surface area contributed by atoms with Gasteiger partial charge in [-0.05, 0) is 28.6 Å². The van der Waals surface area contributed by atoms with Gasteiger partial charge in [-0.3, -0.25) is 9.59 Å². The molecule has 0 unspecified atom stereocenters. The summed E-state index contributed by atoms with van der Waals surface area (Å²) in [7, 11) is 0. The summed E-state index contributed by atoms with van der Waals surface area (Å²) in [5.74, 6) is -0.0447. The summed E-state index contributed by atoms with van der Waals surface area (Å²) in [6.07, 6.45) is 0.584. The van der Waals surface area contributed by atoms with Gasteiger partial charge >= 0.3 is 0 Å². The highest BCUT2D eigenvalue weighted by Crippen LogP contribution is 2.13. The topological polar surface area (TPSA) is 62.0 Å². The molecule has 0 atom stereocenters. The van der Waals surface area contributed by atoms with Gasteiger partial charge in [0.15, 0.2) is 0 Å². The molecule has 3 aromatic rings. The molecule has 23 heavy (non-hydrogen) atoms. The van der Waals surface area contributed by atoms with Gasteiger partial charge < -0.3 is 10.3 Å². The Bertz CT molecular complexity index is 895. The Morgan fingerprint density at radius 1 is 1.04 bits per heavy atom. The lowest BCUT2D eigenvalue weighted by atomic mass is 10.0.